The van der Waals surface area contributed by atoms with Crippen LogP contribution < -0.4 is 5.32 Å². The smallest absolute Gasteiger partial charge is 0.271 e. The third-order valence-electron chi connectivity index (χ3n) is 3.09. The Morgan fingerprint density at radius 3 is 2.86 bits per heavy atom. The molecule has 0 aliphatic carbocycles. The van der Waals surface area contributed by atoms with Crippen LogP contribution >= 0.6 is 27.5 Å². The van der Waals surface area contributed by atoms with Gasteiger partial charge in [-0.25, -0.2) is 4.98 Å². The molecule has 3 rings (SSSR count). The number of halogens is 2. The van der Waals surface area contributed by atoms with Crippen molar-refractivity contribution in [3.63, 3.8) is 0 Å². The van der Waals surface area contributed by atoms with Crippen LogP contribution in [0.2, 0.25) is 5.02 Å². The minimum absolute atomic E-state index is 0.0341. The van der Waals surface area contributed by atoms with E-state index in [0.717, 1.165) is 15.8 Å². The van der Waals surface area contributed by atoms with Crippen molar-refractivity contribution in [3.05, 3.63) is 68.0 Å². The molecule has 3 aromatic rings. The Labute approximate surface area is 139 Å². The van der Waals surface area contributed by atoms with E-state index in [4.69, 9.17) is 11.6 Å². The van der Waals surface area contributed by atoms with Gasteiger partial charge in [0.15, 0.2) is 0 Å². The summed E-state index contributed by atoms with van der Waals surface area (Å²) in [6.45, 7) is 0.469. The number of aromatic nitrogens is 2. The number of hydrogen-bond acceptors (Lipinski definition) is 4. The number of nitro groups is 1. The molecule has 2 aromatic heterocycles. The summed E-state index contributed by atoms with van der Waals surface area (Å²) in [5, 5.41) is 14.1. The quantitative estimate of drug-likeness (QED) is 0.541. The van der Waals surface area contributed by atoms with Crippen LogP contribution in [0.4, 0.5) is 11.4 Å². The molecule has 0 saturated carbocycles. The van der Waals surface area contributed by atoms with Gasteiger partial charge in [0.05, 0.1) is 27.9 Å². The van der Waals surface area contributed by atoms with Gasteiger partial charge in [0.2, 0.25) is 0 Å². The molecular weight excluding hydrogens is 372 g/mol. The largest absolute Gasteiger partial charge is 0.378 e. The van der Waals surface area contributed by atoms with E-state index in [0.29, 0.717) is 17.3 Å². The maximum absolute atomic E-state index is 10.7. The second kappa shape index (κ2) is 5.94. The van der Waals surface area contributed by atoms with E-state index in [2.05, 4.69) is 26.2 Å². The number of benzene rings is 1. The van der Waals surface area contributed by atoms with E-state index in [1.165, 1.54) is 12.1 Å². The zero-order valence-corrected chi connectivity index (χ0v) is 13.5. The molecule has 0 aliphatic heterocycles. The molecule has 0 radical (unpaired) electrons. The van der Waals surface area contributed by atoms with Gasteiger partial charge in [0.25, 0.3) is 5.69 Å². The van der Waals surface area contributed by atoms with E-state index in [9.17, 15) is 10.1 Å². The molecule has 0 amide bonds. The van der Waals surface area contributed by atoms with Crippen LogP contribution in [-0.4, -0.2) is 14.3 Å². The maximum Gasteiger partial charge on any atom is 0.271 e. The molecular formula is C14H10BrClN4O2. The summed E-state index contributed by atoms with van der Waals surface area (Å²) in [4.78, 5) is 14.7. The number of imidazole rings is 1. The highest BCUT2D eigenvalue weighted by Gasteiger charge is 2.09. The fourth-order valence-electron chi connectivity index (χ4n) is 2.05. The van der Waals surface area contributed by atoms with E-state index in [1.807, 2.05) is 28.9 Å². The Kier molecular flexibility index (Phi) is 4.00. The van der Waals surface area contributed by atoms with E-state index >= 15 is 0 Å². The maximum atomic E-state index is 10.7. The van der Waals surface area contributed by atoms with E-state index < -0.39 is 4.92 Å². The van der Waals surface area contributed by atoms with E-state index in [1.54, 1.807) is 6.07 Å². The average Bonchev–Trinajstić information content (AvgIpc) is 2.87. The summed E-state index contributed by atoms with van der Waals surface area (Å²) in [6.07, 6.45) is 3.83. The minimum atomic E-state index is -0.477. The van der Waals surface area contributed by atoms with Gasteiger partial charge in [0, 0.05) is 29.0 Å². The summed E-state index contributed by atoms with van der Waals surface area (Å²) in [6, 6.07) is 8.16. The molecule has 1 aromatic carbocycles. The van der Waals surface area contributed by atoms with Gasteiger partial charge in [0.1, 0.15) is 5.65 Å². The lowest BCUT2D eigenvalue weighted by Crippen LogP contribution is -2.00. The van der Waals surface area contributed by atoms with Crippen molar-refractivity contribution >= 4 is 44.6 Å². The second-order valence-corrected chi connectivity index (χ2v) is 5.94. The number of hydrogen-bond donors (Lipinski definition) is 1. The van der Waals surface area contributed by atoms with Crippen molar-refractivity contribution < 1.29 is 4.92 Å². The first-order valence-corrected chi connectivity index (χ1v) is 7.51. The average molecular weight is 382 g/mol. The number of nitrogens with zero attached hydrogens (tertiary/aromatic N) is 3. The number of non-ortho nitro benzene ring substituents is 1. The molecule has 0 aliphatic rings. The van der Waals surface area contributed by atoms with Crippen molar-refractivity contribution in [2.24, 2.45) is 0 Å². The number of nitrogens with one attached hydrogen (secondary N) is 1. The molecule has 0 unspecified atom stereocenters. The van der Waals surface area contributed by atoms with Crippen LogP contribution in [0.3, 0.4) is 0 Å². The van der Waals surface area contributed by atoms with Gasteiger partial charge in [-0.1, -0.05) is 11.6 Å². The van der Waals surface area contributed by atoms with Gasteiger partial charge in [-0.05, 0) is 34.1 Å². The molecule has 8 heteroatoms. The summed E-state index contributed by atoms with van der Waals surface area (Å²) in [5.41, 5.74) is 2.28. The van der Waals surface area contributed by atoms with Gasteiger partial charge in [-0.3, -0.25) is 10.1 Å². The molecule has 22 heavy (non-hydrogen) atoms. The van der Waals surface area contributed by atoms with Gasteiger partial charge in [-0.15, -0.1) is 0 Å². The standard InChI is InChI=1S/C14H10BrClN4O2/c15-9-1-4-14-18-10(8-19(14)7-9)6-17-13-3-2-11(20(21)22)5-12(13)16/h1-5,7-8,17H,6H2. The third kappa shape index (κ3) is 3.05. The zero-order valence-electron chi connectivity index (χ0n) is 11.2. The Morgan fingerprint density at radius 2 is 2.14 bits per heavy atom. The lowest BCUT2D eigenvalue weighted by molar-refractivity contribution is -0.384. The topological polar surface area (TPSA) is 72.5 Å². The van der Waals surface area contributed by atoms with Crippen LogP contribution in [0.25, 0.3) is 5.65 Å². The molecule has 2 heterocycles. The summed E-state index contributed by atoms with van der Waals surface area (Å²) >= 11 is 9.45. The fraction of sp³-hybridized carbons (Fsp3) is 0.0714. The number of anilines is 1. The lowest BCUT2D eigenvalue weighted by Gasteiger charge is -2.06. The fourth-order valence-corrected chi connectivity index (χ4v) is 2.64. The molecule has 0 fully saturated rings. The predicted molar refractivity (Wildman–Crippen MR) is 88.3 cm³/mol. The highest BCUT2D eigenvalue weighted by atomic mass is 79.9. The van der Waals surface area contributed by atoms with Crippen molar-refractivity contribution in [2.45, 2.75) is 6.54 Å². The van der Waals surface area contributed by atoms with Crippen molar-refractivity contribution in [2.75, 3.05) is 5.32 Å². The highest BCUT2D eigenvalue weighted by Crippen LogP contribution is 2.27. The Morgan fingerprint density at radius 1 is 1.32 bits per heavy atom. The molecule has 0 atom stereocenters. The van der Waals surface area contributed by atoms with Gasteiger partial charge >= 0.3 is 0 Å². The van der Waals surface area contributed by atoms with Crippen molar-refractivity contribution in [1.29, 1.82) is 0 Å². The summed E-state index contributed by atoms with van der Waals surface area (Å²) < 4.78 is 2.88. The zero-order chi connectivity index (χ0) is 15.7. The van der Waals surface area contributed by atoms with Crippen LogP contribution in [0.5, 0.6) is 0 Å². The second-order valence-electron chi connectivity index (χ2n) is 4.62. The first kappa shape index (κ1) is 14.8. The van der Waals surface area contributed by atoms with E-state index in [-0.39, 0.29) is 5.69 Å². The Bertz CT molecular complexity index is 865. The third-order valence-corrected chi connectivity index (χ3v) is 3.87. The molecule has 0 bridgehead atoms. The number of pyridine rings is 1. The summed E-state index contributed by atoms with van der Waals surface area (Å²) in [5.74, 6) is 0. The molecule has 0 saturated heterocycles. The number of rotatable bonds is 4. The molecule has 6 nitrogen and oxygen atoms in total. The predicted octanol–water partition coefficient (Wildman–Crippen LogP) is 4.27. The minimum Gasteiger partial charge on any atom is -0.378 e. The summed E-state index contributed by atoms with van der Waals surface area (Å²) in [7, 11) is 0. The Balaban J connectivity index is 1.77. The number of nitro benzene ring substituents is 1. The van der Waals surface area contributed by atoms with Crippen LogP contribution in [0.15, 0.2) is 47.2 Å². The first-order valence-electron chi connectivity index (χ1n) is 6.34. The first-order chi connectivity index (χ1) is 10.5. The Hall–Kier alpha value is -2.12. The van der Waals surface area contributed by atoms with Gasteiger partial charge < -0.3 is 9.72 Å². The SMILES string of the molecule is O=[N+]([O-])c1ccc(NCc2cn3cc(Br)ccc3n2)c(Cl)c1. The van der Waals surface area contributed by atoms with Crippen molar-refractivity contribution in [3.8, 4) is 0 Å². The van der Waals surface area contributed by atoms with Crippen LogP contribution in [0.1, 0.15) is 5.69 Å². The normalized spacial score (nSPS) is 10.8. The van der Waals surface area contributed by atoms with Gasteiger partial charge in [-0.2, -0.15) is 0 Å². The monoisotopic (exact) mass is 380 g/mol. The molecule has 0 spiro atoms. The molecule has 112 valence electrons. The van der Waals surface area contributed by atoms with Crippen LogP contribution in [0, 0.1) is 10.1 Å². The highest BCUT2D eigenvalue weighted by molar-refractivity contribution is 9.10. The molecule has 1 N–H and O–H groups in total. The number of fused-ring (bicyclic) bond motifs is 1. The lowest BCUT2D eigenvalue weighted by atomic mass is 10.3. The van der Waals surface area contributed by atoms with Crippen LogP contribution in [-0.2, 0) is 6.54 Å². The van der Waals surface area contributed by atoms with Crippen molar-refractivity contribution in [1.82, 2.24) is 9.38 Å².